The Bertz CT molecular complexity index is 700. The van der Waals surface area contributed by atoms with Crippen LogP contribution in [0.25, 0.3) is 0 Å². The van der Waals surface area contributed by atoms with Crippen LogP contribution in [0.4, 0.5) is 13.2 Å². The lowest BCUT2D eigenvalue weighted by Gasteiger charge is -2.34. The molecule has 28 heavy (non-hydrogen) atoms. The topological polar surface area (TPSA) is 58.6 Å². The van der Waals surface area contributed by atoms with Gasteiger partial charge in [-0.05, 0) is 69.5 Å². The zero-order valence-electron chi connectivity index (χ0n) is 16.3. The second-order valence-corrected chi connectivity index (χ2v) is 9.05. The summed E-state index contributed by atoms with van der Waals surface area (Å²) in [5.74, 6) is 0. The van der Waals surface area contributed by atoms with Gasteiger partial charge in [0.25, 0.3) is 0 Å². The van der Waals surface area contributed by atoms with E-state index in [2.05, 4.69) is 12.2 Å². The van der Waals surface area contributed by atoms with Crippen molar-refractivity contribution in [1.82, 2.24) is 9.62 Å². The van der Waals surface area contributed by atoms with Crippen molar-refractivity contribution < 1.29 is 26.3 Å². The van der Waals surface area contributed by atoms with Crippen molar-refractivity contribution >= 4 is 10.0 Å². The summed E-state index contributed by atoms with van der Waals surface area (Å²) in [6.45, 7) is 4.59. The van der Waals surface area contributed by atoms with Gasteiger partial charge in [-0.1, -0.05) is 6.92 Å². The Kier molecular flexibility index (Phi) is 8.30. The van der Waals surface area contributed by atoms with E-state index >= 15 is 0 Å². The third kappa shape index (κ3) is 6.17. The molecule has 1 aliphatic carbocycles. The van der Waals surface area contributed by atoms with Crippen LogP contribution in [0.1, 0.15) is 44.6 Å². The first-order chi connectivity index (χ1) is 13.2. The van der Waals surface area contributed by atoms with E-state index in [9.17, 15) is 21.6 Å². The standard InChI is InChI=1S/C19H29F3N2O3S/c1-3-23-13-4-14-27-17-9-7-16(8-10-17)24(2)28(25,26)18-11-5-15(6-12-18)19(20,21)22/h5-6,11-12,16-17,23H,3-4,7-10,13-14H2,1-2H3/t16-,17-. The third-order valence-corrected chi connectivity index (χ3v) is 7.04. The van der Waals surface area contributed by atoms with Crippen LogP contribution in [0, 0.1) is 0 Å². The van der Waals surface area contributed by atoms with Gasteiger partial charge in [-0.15, -0.1) is 0 Å². The molecule has 1 N–H and O–H groups in total. The molecular weight excluding hydrogens is 393 g/mol. The van der Waals surface area contributed by atoms with Gasteiger partial charge in [0.05, 0.1) is 16.6 Å². The van der Waals surface area contributed by atoms with E-state index in [-0.39, 0.29) is 17.0 Å². The normalized spacial score (nSPS) is 21.2. The highest BCUT2D eigenvalue weighted by molar-refractivity contribution is 7.89. The maximum atomic E-state index is 12.8. The number of nitrogens with one attached hydrogen (secondary N) is 1. The van der Waals surface area contributed by atoms with Crippen molar-refractivity contribution in [2.75, 3.05) is 26.7 Å². The number of hydrogen-bond acceptors (Lipinski definition) is 4. The molecule has 160 valence electrons. The molecule has 9 heteroatoms. The van der Waals surface area contributed by atoms with Gasteiger partial charge in [-0.25, -0.2) is 8.42 Å². The number of nitrogens with zero attached hydrogens (tertiary/aromatic N) is 1. The molecule has 0 amide bonds. The van der Waals surface area contributed by atoms with Crippen LogP contribution < -0.4 is 5.32 Å². The van der Waals surface area contributed by atoms with Crippen molar-refractivity contribution in [1.29, 1.82) is 0 Å². The van der Waals surface area contributed by atoms with Crippen molar-refractivity contribution in [3.8, 4) is 0 Å². The van der Waals surface area contributed by atoms with Gasteiger partial charge in [-0.2, -0.15) is 17.5 Å². The zero-order chi connectivity index (χ0) is 20.8. The Morgan fingerprint density at radius 3 is 2.29 bits per heavy atom. The molecule has 0 spiro atoms. The Labute approximate surface area is 165 Å². The number of hydrogen-bond donors (Lipinski definition) is 1. The van der Waals surface area contributed by atoms with E-state index < -0.39 is 21.8 Å². The summed E-state index contributed by atoms with van der Waals surface area (Å²) in [5.41, 5.74) is -0.860. The Morgan fingerprint density at radius 2 is 1.75 bits per heavy atom. The first-order valence-corrected chi connectivity index (χ1v) is 11.1. The molecule has 0 aliphatic heterocycles. The van der Waals surface area contributed by atoms with Gasteiger partial charge in [0.1, 0.15) is 0 Å². The van der Waals surface area contributed by atoms with E-state index in [0.29, 0.717) is 19.4 Å². The van der Waals surface area contributed by atoms with Gasteiger partial charge in [0.2, 0.25) is 10.0 Å². The smallest absolute Gasteiger partial charge is 0.378 e. The van der Waals surface area contributed by atoms with E-state index in [1.165, 1.54) is 11.4 Å². The predicted octanol–water partition coefficient (Wildman–Crippen LogP) is 3.65. The summed E-state index contributed by atoms with van der Waals surface area (Å²) in [5, 5.41) is 3.24. The minimum Gasteiger partial charge on any atom is -0.378 e. The molecule has 0 radical (unpaired) electrons. The maximum Gasteiger partial charge on any atom is 0.416 e. The Hall–Kier alpha value is -1.16. The van der Waals surface area contributed by atoms with Crippen LogP contribution in [-0.4, -0.2) is 51.6 Å². The lowest BCUT2D eigenvalue weighted by molar-refractivity contribution is -0.137. The molecule has 1 aliphatic rings. The quantitative estimate of drug-likeness (QED) is 0.617. The van der Waals surface area contributed by atoms with Crippen LogP contribution in [0.3, 0.4) is 0 Å². The number of ether oxygens (including phenoxy) is 1. The first-order valence-electron chi connectivity index (χ1n) is 9.64. The molecule has 1 saturated carbocycles. The van der Waals surface area contributed by atoms with Gasteiger partial charge in [0.15, 0.2) is 0 Å². The lowest BCUT2D eigenvalue weighted by Crippen LogP contribution is -2.40. The largest absolute Gasteiger partial charge is 0.416 e. The fourth-order valence-corrected chi connectivity index (χ4v) is 4.79. The highest BCUT2D eigenvalue weighted by atomic mass is 32.2. The average molecular weight is 423 g/mol. The first kappa shape index (κ1) is 23.1. The number of halogens is 3. The highest BCUT2D eigenvalue weighted by Crippen LogP contribution is 2.31. The van der Waals surface area contributed by atoms with Crippen molar-refractivity contribution in [3.63, 3.8) is 0 Å². The number of alkyl halides is 3. The van der Waals surface area contributed by atoms with Crippen LogP contribution in [0.15, 0.2) is 29.2 Å². The number of rotatable bonds is 9. The second kappa shape index (κ2) is 10.0. The molecule has 1 aromatic carbocycles. The highest BCUT2D eigenvalue weighted by Gasteiger charge is 2.33. The van der Waals surface area contributed by atoms with Gasteiger partial charge >= 0.3 is 6.18 Å². The third-order valence-electron chi connectivity index (χ3n) is 5.12. The Balaban J connectivity index is 1.89. The number of benzene rings is 1. The molecule has 5 nitrogen and oxygen atoms in total. The van der Waals surface area contributed by atoms with Crippen LogP contribution >= 0.6 is 0 Å². The second-order valence-electron chi connectivity index (χ2n) is 7.05. The monoisotopic (exact) mass is 422 g/mol. The van der Waals surface area contributed by atoms with E-state index in [0.717, 1.165) is 56.6 Å². The molecule has 0 heterocycles. The van der Waals surface area contributed by atoms with Gasteiger partial charge < -0.3 is 10.1 Å². The van der Waals surface area contributed by atoms with Gasteiger partial charge in [-0.3, -0.25) is 0 Å². The molecule has 0 atom stereocenters. The summed E-state index contributed by atoms with van der Waals surface area (Å²) >= 11 is 0. The molecule has 2 rings (SSSR count). The van der Waals surface area contributed by atoms with Gasteiger partial charge in [0, 0.05) is 19.7 Å². The predicted molar refractivity (Wildman–Crippen MR) is 102 cm³/mol. The van der Waals surface area contributed by atoms with E-state index in [4.69, 9.17) is 4.74 Å². The molecule has 0 unspecified atom stereocenters. The van der Waals surface area contributed by atoms with E-state index in [1.54, 1.807) is 0 Å². The summed E-state index contributed by atoms with van der Waals surface area (Å²) in [7, 11) is -2.33. The molecule has 0 saturated heterocycles. The van der Waals surface area contributed by atoms with Crippen molar-refractivity contribution in [3.05, 3.63) is 29.8 Å². The average Bonchev–Trinajstić information content (AvgIpc) is 2.67. The summed E-state index contributed by atoms with van der Waals surface area (Å²) in [6, 6.07) is 3.48. The molecule has 1 aromatic rings. The minimum atomic E-state index is -4.49. The van der Waals surface area contributed by atoms with Crippen molar-refractivity contribution in [2.45, 2.75) is 62.2 Å². The van der Waals surface area contributed by atoms with Crippen molar-refractivity contribution in [2.24, 2.45) is 0 Å². The molecule has 1 fully saturated rings. The van der Waals surface area contributed by atoms with Crippen LogP contribution in [0.5, 0.6) is 0 Å². The fourth-order valence-electron chi connectivity index (χ4n) is 3.38. The summed E-state index contributed by atoms with van der Waals surface area (Å²) < 4.78 is 70.7. The van der Waals surface area contributed by atoms with Crippen LogP contribution in [-0.2, 0) is 20.9 Å². The van der Waals surface area contributed by atoms with E-state index in [1.807, 2.05) is 0 Å². The molecule has 0 bridgehead atoms. The number of sulfonamides is 1. The fraction of sp³-hybridized carbons (Fsp3) is 0.684. The Morgan fingerprint density at radius 1 is 1.14 bits per heavy atom. The SMILES string of the molecule is CCNCCCO[C@H]1CC[C@H](N(C)S(=O)(=O)c2ccc(C(F)(F)F)cc2)CC1. The molecule has 0 aromatic heterocycles. The zero-order valence-corrected chi connectivity index (χ0v) is 17.2. The minimum absolute atomic E-state index is 0.121. The maximum absolute atomic E-state index is 12.8. The van der Waals surface area contributed by atoms with Crippen LogP contribution in [0.2, 0.25) is 0 Å². The summed E-state index contributed by atoms with van der Waals surface area (Å²) in [6.07, 6.45) is -0.505. The summed E-state index contributed by atoms with van der Waals surface area (Å²) in [4.78, 5) is -0.121. The lowest BCUT2D eigenvalue weighted by atomic mass is 9.93. The molecular formula is C19H29F3N2O3S.